The van der Waals surface area contributed by atoms with Crippen LogP contribution >= 0.6 is 27.5 Å². The molecule has 0 aliphatic heterocycles. The first kappa shape index (κ1) is 13.6. The van der Waals surface area contributed by atoms with E-state index in [9.17, 15) is 0 Å². The molecule has 2 rings (SSSR count). The molecule has 0 saturated heterocycles. The van der Waals surface area contributed by atoms with Crippen molar-refractivity contribution >= 4 is 27.5 Å². The molecule has 1 aromatic heterocycles. The van der Waals surface area contributed by atoms with Crippen LogP contribution in [0, 0.1) is 0 Å². The topological polar surface area (TPSA) is 29.9 Å². The molecule has 0 fully saturated rings. The van der Waals surface area contributed by atoms with Crippen LogP contribution in [0.15, 0.2) is 35.1 Å². The van der Waals surface area contributed by atoms with E-state index in [2.05, 4.69) is 26.2 Å². The van der Waals surface area contributed by atoms with Gasteiger partial charge in [0.05, 0.1) is 0 Å². The average Bonchev–Trinajstić information content (AvgIpc) is 2.73. The van der Waals surface area contributed by atoms with Crippen LogP contribution in [0.2, 0.25) is 5.02 Å². The van der Waals surface area contributed by atoms with Crippen LogP contribution in [0.5, 0.6) is 0 Å². The largest absolute Gasteiger partial charge is 0.338 e. The number of nitrogens with one attached hydrogen (secondary N) is 1. The molecular formula is C13H15BrClN3. The molecule has 0 aliphatic rings. The Labute approximate surface area is 120 Å². The van der Waals surface area contributed by atoms with Crippen molar-refractivity contribution in [2.45, 2.75) is 13.0 Å². The minimum Gasteiger partial charge on any atom is -0.338 e. The van der Waals surface area contributed by atoms with Crippen LogP contribution < -0.4 is 5.32 Å². The Bertz CT molecular complexity index is 525. The predicted octanol–water partition coefficient (Wildman–Crippen LogP) is 3.17. The fourth-order valence-electron chi connectivity index (χ4n) is 1.73. The lowest BCUT2D eigenvalue weighted by Gasteiger charge is -2.07. The number of benzene rings is 1. The predicted molar refractivity (Wildman–Crippen MR) is 77.8 cm³/mol. The number of aryl methyl sites for hydroxylation is 1. The third-order valence-electron chi connectivity index (χ3n) is 2.78. The maximum absolute atomic E-state index is 6.15. The molecule has 0 unspecified atom stereocenters. The highest BCUT2D eigenvalue weighted by atomic mass is 79.9. The maximum Gasteiger partial charge on any atom is 0.109 e. The van der Waals surface area contributed by atoms with Gasteiger partial charge in [0.2, 0.25) is 0 Å². The van der Waals surface area contributed by atoms with Gasteiger partial charge in [0.15, 0.2) is 0 Å². The number of nitrogens with zero attached hydrogens (tertiary/aromatic N) is 2. The summed E-state index contributed by atoms with van der Waals surface area (Å²) in [6.07, 6.45) is 4.69. The van der Waals surface area contributed by atoms with Crippen LogP contribution in [-0.4, -0.2) is 16.1 Å². The highest BCUT2D eigenvalue weighted by Gasteiger charge is 2.02. The second-order valence-corrected chi connectivity index (χ2v) is 5.44. The number of imidazole rings is 1. The summed E-state index contributed by atoms with van der Waals surface area (Å²) in [4.78, 5) is 4.28. The van der Waals surface area contributed by atoms with Crippen molar-refractivity contribution in [2.75, 3.05) is 6.54 Å². The summed E-state index contributed by atoms with van der Waals surface area (Å²) in [6.45, 7) is 1.66. The van der Waals surface area contributed by atoms with Crippen molar-refractivity contribution in [3.05, 3.63) is 51.5 Å². The molecule has 0 aliphatic carbocycles. The summed E-state index contributed by atoms with van der Waals surface area (Å²) in [6, 6.07) is 5.94. The van der Waals surface area contributed by atoms with E-state index >= 15 is 0 Å². The second kappa shape index (κ2) is 6.36. The zero-order chi connectivity index (χ0) is 13.0. The third-order valence-corrected chi connectivity index (χ3v) is 3.62. The monoisotopic (exact) mass is 327 g/mol. The number of halogens is 2. The molecule has 1 heterocycles. The van der Waals surface area contributed by atoms with E-state index < -0.39 is 0 Å². The SMILES string of the molecule is Cn1ccnc1CCNCc1ccc(Br)cc1Cl. The number of hydrogen-bond acceptors (Lipinski definition) is 2. The lowest BCUT2D eigenvalue weighted by molar-refractivity contribution is 0.655. The van der Waals surface area contributed by atoms with E-state index in [0.717, 1.165) is 40.4 Å². The van der Waals surface area contributed by atoms with Gasteiger partial charge in [-0.1, -0.05) is 33.6 Å². The molecule has 0 radical (unpaired) electrons. The lowest BCUT2D eigenvalue weighted by Crippen LogP contribution is -2.18. The first-order valence-corrected chi connectivity index (χ1v) is 6.95. The van der Waals surface area contributed by atoms with E-state index in [1.165, 1.54) is 0 Å². The number of rotatable bonds is 5. The van der Waals surface area contributed by atoms with Crippen LogP contribution in [0.1, 0.15) is 11.4 Å². The molecule has 2 aromatic rings. The van der Waals surface area contributed by atoms with Gasteiger partial charge in [-0.2, -0.15) is 0 Å². The zero-order valence-corrected chi connectivity index (χ0v) is 12.5. The Hall–Kier alpha value is -0.840. The molecule has 96 valence electrons. The van der Waals surface area contributed by atoms with Crippen molar-refractivity contribution in [2.24, 2.45) is 7.05 Å². The second-order valence-electron chi connectivity index (χ2n) is 4.12. The van der Waals surface area contributed by atoms with Gasteiger partial charge in [-0.3, -0.25) is 0 Å². The quantitative estimate of drug-likeness (QED) is 0.854. The normalized spacial score (nSPS) is 10.8. The smallest absolute Gasteiger partial charge is 0.109 e. The standard InChI is InChI=1S/C13H15BrClN3/c1-18-7-6-17-13(18)4-5-16-9-10-2-3-11(14)8-12(10)15/h2-3,6-8,16H,4-5,9H2,1H3. The number of hydrogen-bond donors (Lipinski definition) is 1. The fourth-order valence-corrected chi connectivity index (χ4v) is 2.47. The Kier molecular flexibility index (Phi) is 4.80. The first-order chi connectivity index (χ1) is 8.66. The van der Waals surface area contributed by atoms with Crippen LogP contribution in [0.3, 0.4) is 0 Å². The Morgan fingerprint density at radius 2 is 2.28 bits per heavy atom. The minimum absolute atomic E-state index is 0.774. The molecule has 0 saturated carbocycles. The minimum atomic E-state index is 0.774. The highest BCUT2D eigenvalue weighted by Crippen LogP contribution is 2.21. The van der Waals surface area contributed by atoms with Crippen LogP contribution in [-0.2, 0) is 20.0 Å². The molecule has 18 heavy (non-hydrogen) atoms. The van der Waals surface area contributed by atoms with Gasteiger partial charge in [0.25, 0.3) is 0 Å². The van der Waals surface area contributed by atoms with E-state index in [-0.39, 0.29) is 0 Å². The Morgan fingerprint density at radius 3 is 2.94 bits per heavy atom. The summed E-state index contributed by atoms with van der Waals surface area (Å²) in [5, 5.41) is 4.16. The summed E-state index contributed by atoms with van der Waals surface area (Å²) < 4.78 is 3.04. The lowest BCUT2D eigenvalue weighted by atomic mass is 10.2. The average molecular weight is 329 g/mol. The Morgan fingerprint density at radius 1 is 1.44 bits per heavy atom. The molecule has 0 spiro atoms. The molecule has 5 heteroatoms. The third kappa shape index (κ3) is 3.57. The summed E-state index contributed by atoms with van der Waals surface area (Å²) in [7, 11) is 2.01. The Balaban J connectivity index is 1.80. The van der Waals surface area contributed by atoms with Crippen molar-refractivity contribution < 1.29 is 0 Å². The maximum atomic E-state index is 6.15. The van der Waals surface area contributed by atoms with Crippen LogP contribution in [0.25, 0.3) is 0 Å². The fraction of sp³-hybridized carbons (Fsp3) is 0.308. The molecule has 1 aromatic carbocycles. The highest BCUT2D eigenvalue weighted by molar-refractivity contribution is 9.10. The summed E-state index contributed by atoms with van der Waals surface area (Å²) in [5.74, 6) is 1.09. The molecular weight excluding hydrogens is 314 g/mol. The number of aromatic nitrogens is 2. The first-order valence-electron chi connectivity index (χ1n) is 5.77. The molecule has 3 nitrogen and oxygen atoms in total. The van der Waals surface area contributed by atoms with E-state index in [1.54, 1.807) is 0 Å². The summed E-state index contributed by atoms with van der Waals surface area (Å²) in [5.41, 5.74) is 1.11. The van der Waals surface area contributed by atoms with Crippen molar-refractivity contribution in [3.8, 4) is 0 Å². The van der Waals surface area contributed by atoms with Crippen molar-refractivity contribution in [1.29, 1.82) is 0 Å². The van der Waals surface area contributed by atoms with Gasteiger partial charge < -0.3 is 9.88 Å². The van der Waals surface area contributed by atoms with Crippen molar-refractivity contribution in [1.82, 2.24) is 14.9 Å². The van der Waals surface area contributed by atoms with Gasteiger partial charge in [0.1, 0.15) is 5.82 Å². The van der Waals surface area contributed by atoms with E-state index in [4.69, 9.17) is 11.6 Å². The zero-order valence-electron chi connectivity index (χ0n) is 10.2. The van der Waals surface area contributed by atoms with Gasteiger partial charge >= 0.3 is 0 Å². The molecule has 0 bridgehead atoms. The van der Waals surface area contributed by atoms with Gasteiger partial charge in [-0.15, -0.1) is 0 Å². The molecule has 0 atom stereocenters. The summed E-state index contributed by atoms with van der Waals surface area (Å²) >= 11 is 9.54. The molecule has 1 N–H and O–H groups in total. The van der Waals surface area contributed by atoms with Gasteiger partial charge in [-0.05, 0) is 17.7 Å². The van der Waals surface area contributed by atoms with E-state index in [0.29, 0.717) is 0 Å². The van der Waals surface area contributed by atoms with Crippen molar-refractivity contribution in [3.63, 3.8) is 0 Å². The van der Waals surface area contributed by atoms with E-state index in [1.807, 2.05) is 42.2 Å². The molecule has 0 amide bonds. The van der Waals surface area contributed by atoms with Gasteiger partial charge in [-0.25, -0.2) is 4.98 Å². The van der Waals surface area contributed by atoms with Gasteiger partial charge in [0, 0.05) is 48.4 Å². The van der Waals surface area contributed by atoms with Crippen LogP contribution in [0.4, 0.5) is 0 Å².